The highest BCUT2D eigenvalue weighted by Crippen LogP contribution is 2.17. The van der Waals surface area contributed by atoms with Crippen molar-refractivity contribution in [2.24, 2.45) is 0 Å². The number of nitrogens with one attached hydrogen (secondary N) is 1. The minimum atomic E-state index is -0.156. The quantitative estimate of drug-likeness (QED) is 0.788. The number of halogens is 1. The van der Waals surface area contributed by atoms with Gasteiger partial charge >= 0.3 is 0 Å². The van der Waals surface area contributed by atoms with Crippen LogP contribution >= 0.6 is 15.9 Å². The lowest BCUT2D eigenvalue weighted by atomic mass is 9.99. The Morgan fingerprint density at radius 2 is 1.82 bits per heavy atom. The summed E-state index contributed by atoms with van der Waals surface area (Å²) in [7, 11) is 0. The first-order chi connectivity index (χ1) is 10.5. The number of ketones is 1. The number of carbonyl (C=O) groups is 2. The van der Waals surface area contributed by atoms with Crippen LogP contribution in [0.4, 0.5) is 5.69 Å². The van der Waals surface area contributed by atoms with Crippen molar-refractivity contribution in [3.8, 4) is 0 Å². The van der Waals surface area contributed by atoms with E-state index in [-0.39, 0.29) is 24.5 Å². The molecule has 0 saturated heterocycles. The second kappa shape index (κ2) is 7.36. The van der Waals surface area contributed by atoms with E-state index in [9.17, 15) is 9.59 Å². The fraction of sp³-hybridized carbons (Fsp3) is 0.222. The molecule has 0 aliphatic heterocycles. The van der Waals surface area contributed by atoms with Gasteiger partial charge in [0.1, 0.15) is 0 Å². The highest BCUT2D eigenvalue weighted by Gasteiger charge is 2.12. The van der Waals surface area contributed by atoms with Gasteiger partial charge in [0, 0.05) is 28.6 Å². The fourth-order valence-electron chi connectivity index (χ4n) is 2.19. The highest BCUT2D eigenvalue weighted by molar-refractivity contribution is 9.10. The average Bonchev–Trinajstić information content (AvgIpc) is 2.47. The largest absolute Gasteiger partial charge is 0.326 e. The van der Waals surface area contributed by atoms with Crippen LogP contribution in [0.25, 0.3) is 0 Å². The van der Waals surface area contributed by atoms with Gasteiger partial charge in [0.15, 0.2) is 5.78 Å². The summed E-state index contributed by atoms with van der Waals surface area (Å²) in [6.45, 7) is 3.87. The molecule has 0 bridgehead atoms. The van der Waals surface area contributed by atoms with Crippen LogP contribution in [0.15, 0.2) is 46.9 Å². The van der Waals surface area contributed by atoms with Crippen molar-refractivity contribution in [3.63, 3.8) is 0 Å². The van der Waals surface area contributed by atoms with Gasteiger partial charge in [-0.3, -0.25) is 9.59 Å². The molecule has 2 aromatic carbocycles. The Labute approximate surface area is 138 Å². The molecule has 0 aromatic heterocycles. The molecule has 0 radical (unpaired) electrons. The Kier molecular flexibility index (Phi) is 5.50. The molecule has 0 spiro atoms. The maximum Gasteiger partial charge on any atom is 0.224 e. The maximum absolute atomic E-state index is 12.2. The van der Waals surface area contributed by atoms with E-state index in [1.165, 1.54) is 0 Å². The molecule has 4 heteroatoms. The maximum atomic E-state index is 12.2. The molecule has 114 valence electrons. The van der Waals surface area contributed by atoms with Crippen molar-refractivity contribution in [3.05, 3.63) is 63.6 Å². The monoisotopic (exact) mass is 359 g/mol. The number of hydrogen-bond acceptors (Lipinski definition) is 2. The molecule has 1 N–H and O–H groups in total. The van der Waals surface area contributed by atoms with E-state index in [1.807, 2.05) is 56.3 Å². The van der Waals surface area contributed by atoms with Crippen molar-refractivity contribution < 1.29 is 9.59 Å². The lowest BCUT2D eigenvalue weighted by molar-refractivity contribution is -0.116. The number of hydrogen-bond donors (Lipinski definition) is 1. The summed E-state index contributed by atoms with van der Waals surface area (Å²) in [5.74, 6) is -0.151. The lowest BCUT2D eigenvalue weighted by Crippen LogP contribution is -2.14. The molecule has 3 nitrogen and oxygen atoms in total. The summed E-state index contributed by atoms with van der Waals surface area (Å²) in [4.78, 5) is 24.2. The van der Waals surface area contributed by atoms with Crippen molar-refractivity contribution in [1.29, 1.82) is 0 Å². The van der Waals surface area contributed by atoms with Crippen LogP contribution in [0.1, 0.15) is 34.3 Å². The molecule has 2 rings (SSSR count). The standard InChI is InChI=1S/C18H18BrNO2/c1-12-6-7-13(2)16(10-12)17(21)8-9-18(22)20-15-5-3-4-14(19)11-15/h3-7,10-11H,8-9H2,1-2H3,(H,20,22). The first-order valence-electron chi connectivity index (χ1n) is 7.11. The number of Topliss-reactive ketones (excluding diaryl/α,β-unsaturated/α-hetero) is 1. The van der Waals surface area contributed by atoms with E-state index in [0.29, 0.717) is 5.56 Å². The van der Waals surface area contributed by atoms with Crippen molar-refractivity contribution in [1.82, 2.24) is 0 Å². The number of aryl methyl sites for hydroxylation is 2. The van der Waals surface area contributed by atoms with Crippen LogP contribution in [-0.2, 0) is 4.79 Å². The van der Waals surface area contributed by atoms with Crippen LogP contribution in [0.3, 0.4) is 0 Å². The van der Waals surface area contributed by atoms with Gasteiger partial charge in [-0.15, -0.1) is 0 Å². The summed E-state index contributed by atoms with van der Waals surface area (Å²) in [5, 5.41) is 2.79. The van der Waals surface area contributed by atoms with Gasteiger partial charge in [0.2, 0.25) is 5.91 Å². The summed E-state index contributed by atoms with van der Waals surface area (Å²) in [6, 6.07) is 13.2. The Morgan fingerprint density at radius 1 is 1.05 bits per heavy atom. The molecule has 2 aromatic rings. The zero-order chi connectivity index (χ0) is 16.1. The van der Waals surface area contributed by atoms with Gasteiger partial charge in [-0.05, 0) is 43.7 Å². The Bertz CT molecular complexity index is 710. The van der Waals surface area contributed by atoms with Gasteiger partial charge in [-0.25, -0.2) is 0 Å². The minimum absolute atomic E-state index is 0.00518. The Balaban J connectivity index is 1.93. The fourth-order valence-corrected chi connectivity index (χ4v) is 2.59. The zero-order valence-corrected chi connectivity index (χ0v) is 14.2. The molecule has 0 aliphatic carbocycles. The minimum Gasteiger partial charge on any atom is -0.326 e. The second-order valence-corrected chi connectivity index (χ2v) is 6.22. The molecule has 0 fully saturated rings. The van der Waals surface area contributed by atoms with Crippen LogP contribution in [0.2, 0.25) is 0 Å². The smallest absolute Gasteiger partial charge is 0.224 e. The normalized spacial score (nSPS) is 10.3. The molecule has 1 amide bonds. The van der Waals surface area contributed by atoms with Crippen molar-refractivity contribution in [2.45, 2.75) is 26.7 Å². The topological polar surface area (TPSA) is 46.2 Å². The van der Waals surface area contributed by atoms with Gasteiger partial charge in [-0.1, -0.05) is 39.7 Å². The predicted octanol–water partition coefficient (Wildman–Crippen LogP) is 4.67. The molecule has 22 heavy (non-hydrogen) atoms. The van der Waals surface area contributed by atoms with E-state index in [2.05, 4.69) is 21.2 Å². The van der Waals surface area contributed by atoms with Crippen molar-refractivity contribution >= 4 is 33.3 Å². The summed E-state index contributed by atoms with van der Waals surface area (Å²) < 4.78 is 0.900. The summed E-state index contributed by atoms with van der Waals surface area (Å²) in [5.41, 5.74) is 3.42. The van der Waals surface area contributed by atoms with E-state index < -0.39 is 0 Å². The third-order valence-electron chi connectivity index (χ3n) is 3.38. The first kappa shape index (κ1) is 16.4. The third kappa shape index (κ3) is 4.53. The Hall–Kier alpha value is -1.94. The first-order valence-corrected chi connectivity index (χ1v) is 7.91. The molecule has 0 aliphatic rings. The van der Waals surface area contributed by atoms with Crippen LogP contribution in [0, 0.1) is 13.8 Å². The SMILES string of the molecule is Cc1ccc(C)c(C(=O)CCC(=O)Nc2cccc(Br)c2)c1. The summed E-state index contributed by atoms with van der Waals surface area (Å²) >= 11 is 3.35. The Morgan fingerprint density at radius 3 is 2.55 bits per heavy atom. The molecule has 0 heterocycles. The number of anilines is 1. The van der Waals surface area contributed by atoms with E-state index in [1.54, 1.807) is 0 Å². The lowest BCUT2D eigenvalue weighted by Gasteiger charge is -2.07. The van der Waals surface area contributed by atoms with Crippen molar-refractivity contribution in [2.75, 3.05) is 5.32 Å². The van der Waals surface area contributed by atoms with Gasteiger partial charge in [0.25, 0.3) is 0 Å². The highest BCUT2D eigenvalue weighted by atomic mass is 79.9. The van der Waals surface area contributed by atoms with E-state index in [4.69, 9.17) is 0 Å². The zero-order valence-electron chi connectivity index (χ0n) is 12.7. The van der Waals surface area contributed by atoms with Crippen LogP contribution < -0.4 is 5.32 Å². The molecule has 0 saturated carbocycles. The van der Waals surface area contributed by atoms with Gasteiger partial charge < -0.3 is 5.32 Å². The number of carbonyl (C=O) groups excluding carboxylic acids is 2. The third-order valence-corrected chi connectivity index (χ3v) is 3.87. The molecule has 0 atom stereocenters. The van der Waals surface area contributed by atoms with Gasteiger partial charge in [-0.2, -0.15) is 0 Å². The molecular weight excluding hydrogens is 342 g/mol. The summed E-state index contributed by atoms with van der Waals surface area (Å²) in [6.07, 6.45) is 0.392. The van der Waals surface area contributed by atoms with Crippen LogP contribution in [0.5, 0.6) is 0 Å². The van der Waals surface area contributed by atoms with Gasteiger partial charge in [0.05, 0.1) is 0 Å². The second-order valence-electron chi connectivity index (χ2n) is 5.30. The number of rotatable bonds is 5. The molecule has 0 unspecified atom stereocenters. The van der Waals surface area contributed by atoms with Crippen LogP contribution in [-0.4, -0.2) is 11.7 Å². The number of amides is 1. The average molecular weight is 360 g/mol. The predicted molar refractivity (Wildman–Crippen MR) is 92.3 cm³/mol. The number of benzene rings is 2. The van der Waals surface area contributed by atoms with E-state index in [0.717, 1.165) is 21.3 Å². The molecular formula is C18H18BrNO2. The van der Waals surface area contributed by atoms with E-state index >= 15 is 0 Å².